The number of halogens is 1. The molecule has 0 aliphatic carbocycles. The minimum absolute atomic E-state index is 0.0974. The number of aromatic nitrogens is 1. The van der Waals surface area contributed by atoms with E-state index >= 15 is 0 Å². The topological polar surface area (TPSA) is 62.5 Å². The lowest BCUT2D eigenvalue weighted by Gasteiger charge is -2.21. The number of nitrogens with zero attached hydrogens (tertiary/aromatic N) is 4. The van der Waals surface area contributed by atoms with Crippen LogP contribution in [0.4, 0.5) is 11.5 Å². The van der Waals surface area contributed by atoms with Gasteiger partial charge in [0.15, 0.2) is 0 Å². The van der Waals surface area contributed by atoms with Crippen molar-refractivity contribution >= 4 is 23.1 Å². The van der Waals surface area contributed by atoms with Crippen LogP contribution < -0.4 is 4.90 Å². The van der Waals surface area contributed by atoms with Crippen LogP contribution in [0.3, 0.4) is 0 Å². The Balaban J connectivity index is 2.81. The van der Waals surface area contributed by atoms with E-state index in [0.29, 0.717) is 10.8 Å². The molecule has 0 saturated carbocycles. The van der Waals surface area contributed by atoms with Crippen LogP contribution in [0.25, 0.3) is 0 Å². The first-order chi connectivity index (χ1) is 7.91. The van der Waals surface area contributed by atoms with E-state index in [2.05, 4.69) is 4.98 Å². The van der Waals surface area contributed by atoms with E-state index in [9.17, 15) is 10.1 Å². The van der Waals surface area contributed by atoms with Crippen molar-refractivity contribution in [1.29, 1.82) is 0 Å². The zero-order valence-electron chi connectivity index (χ0n) is 10.1. The molecule has 0 aliphatic rings. The predicted octanol–water partition coefficient (Wildman–Crippen LogP) is 1.64. The molecule has 0 bridgehead atoms. The Morgan fingerprint density at radius 1 is 1.41 bits per heavy atom. The Morgan fingerprint density at radius 3 is 2.53 bits per heavy atom. The van der Waals surface area contributed by atoms with Gasteiger partial charge in [-0.2, -0.15) is 0 Å². The van der Waals surface area contributed by atoms with Gasteiger partial charge >= 0.3 is 0 Å². The molecule has 0 unspecified atom stereocenters. The summed E-state index contributed by atoms with van der Waals surface area (Å²) in [7, 11) is 5.79. The normalized spacial score (nSPS) is 10.6. The maximum Gasteiger partial charge on any atom is 0.289 e. The summed E-state index contributed by atoms with van der Waals surface area (Å²) in [5.74, 6) is 0.555. The first-order valence-corrected chi connectivity index (χ1v) is 5.45. The first kappa shape index (κ1) is 13.7. The SMILES string of the molecule is CN(C)CCN(C)c1ncc([N+](=O)[O-])cc1Cl. The highest BCUT2D eigenvalue weighted by Gasteiger charge is 2.13. The molecule has 0 spiro atoms. The Labute approximate surface area is 105 Å². The van der Waals surface area contributed by atoms with Gasteiger partial charge in [-0.1, -0.05) is 11.6 Å². The smallest absolute Gasteiger partial charge is 0.289 e. The number of nitro groups is 1. The summed E-state index contributed by atoms with van der Waals surface area (Å²) < 4.78 is 0. The van der Waals surface area contributed by atoms with Crippen LogP contribution in [0.1, 0.15) is 0 Å². The van der Waals surface area contributed by atoms with E-state index in [-0.39, 0.29) is 5.69 Å². The van der Waals surface area contributed by atoms with Crippen LogP contribution >= 0.6 is 11.6 Å². The summed E-state index contributed by atoms with van der Waals surface area (Å²) in [6.07, 6.45) is 1.22. The third kappa shape index (κ3) is 3.83. The highest BCUT2D eigenvalue weighted by atomic mass is 35.5. The van der Waals surface area contributed by atoms with Gasteiger partial charge in [0.2, 0.25) is 0 Å². The van der Waals surface area contributed by atoms with Gasteiger partial charge in [0.05, 0.1) is 9.95 Å². The van der Waals surface area contributed by atoms with Crippen LogP contribution in [0, 0.1) is 10.1 Å². The molecule has 1 rings (SSSR count). The molecule has 0 radical (unpaired) electrons. The Kier molecular flexibility index (Phi) is 4.65. The minimum Gasteiger partial charge on any atom is -0.357 e. The highest BCUT2D eigenvalue weighted by molar-refractivity contribution is 6.33. The van der Waals surface area contributed by atoms with Crippen molar-refractivity contribution < 1.29 is 4.92 Å². The number of pyridine rings is 1. The van der Waals surface area contributed by atoms with Crippen LogP contribution in [-0.4, -0.2) is 49.0 Å². The van der Waals surface area contributed by atoms with Crippen LogP contribution in [0.5, 0.6) is 0 Å². The van der Waals surface area contributed by atoms with Crippen molar-refractivity contribution in [3.05, 3.63) is 27.4 Å². The molecule has 7 heteroatoms. The second kappa shape index (κ2) is 5.79. The third-order valence-corrected chi connectivity index (χ3v) is 2.54. The van der Waals surface area contributed by atoms with Crippen LogP contribution in [0.2, 0.25) is 5.02 Å². The fraction of sp³-hybridized carbons (Fsp3) is 0.500. The minimum atomic E-state index is -0.511. The largest absolute Gasteiger partial charge is 0.357 e. The quantitative estimate of drug-likeness (QED) is 0.593. The predicted molar refractivity (Wildman–Crippen MR) is 67.7 cm³/mol. The Bertz CT molecular complexity index is 411. The summed E-state index contributed by atoms with van der Waals surface area (Å²) in [4.78, 5) is 17.9. The zero-order chi connectivity index (χ0) is 13.0. The monoisotopic (exact) mass is 258 g/mol. The maximum atomic E-state index is 10.5. The fourth-order valence-corrected chi connectivity index (χ4v) is 1.56. The molecule has 0 saturated heterocycles. The summed E-state index contributed by atoms with van der Waals surface area (Å²) >= 11 is 5.96. The molecule has 17 heavy (non-hydrogen) atoms. The number of anilines is 1. The van der Waals surface area contributed by atoms with Crippen molar-refractivity contribution in [2.45, 2.75) is 0 Å². The average molecular weight is 259 g/mol. The van der Waals surface area contributed by atoms with Gasteiger partial charge in [0, 0.05) is 26.2 Å². The van der Waals surface area contributed by atoms with E-state index in [4.69, 9.17) is 11.6 Å². The van der Waals surface area contributed by atoms with Crippen molar-refractivity contribution in [2.75, 3.05) is 39.1 Å². The van der Waals surface area contributed by atoms with Crippen molar-refractivity contribution in [3.8, 4) is 0 Å². The molecule has 0 aromatic carbocycles. The fourth-order valence-electron chi connectivity index (χ4n) is 1.26. The van der Waals surface area contributed by atoms with E-state index in [0.717, 1.165) is 13.1 Å². The number of hydrogen-bond acceptors (Lipinski definition) is 5. The van der Waals surface area contributed by atoms with Gasteiger partial charge < -0.3 is 9.80 Å². The first-order valence-electron chi connectivity index (χ1n) is 5.07. The molecule has 0 N–H and O–H groups in total. The van der Waals surface area contributed by atoms with Gasteiger partial charge in [-0.25, -0.2) is 4.98 Å². The van der Waals surface area contributed by atoms with E-state index in [1.807, 2.05) is 30.9 Å². The standard InChI is InChI=1S/C10H15ClN4O2/c1-13(2)4-5-14(3)10-9(11)6-8(7-12-10)15(16)17/h6-7H,4-5H2,1-3H3. The molecule has 0 atom stereocenters. The molecule has 0 aliphatic heterocycles. The van der Waals surface area contributed by atoms with Gasteiger partial charge in [0.1, 0.15) is 12.0 Å². The molecular formula is C10H15ClN4O2. The Morgan fingerprint density at radius 2 is 2.06 bits per heavy atom. The second-order valence-electron chi connectivity index (χ2n) is 3.98. The highest BCUT2D eigenvalue weighted by Crippen LogP contribution is 2.25. The number of rotatable bonds is 5. The van der Waals surface area contributed by atoms with Gasteiger partial charge in [-0.3, -0.25) is 10.1 Å². The molecule has 1 aromatic heterocycles. The lowest BCUT2D eigenvalue weighted by atomic mass is 10.4. The summed E-state index contributed by atoms with van der Waals surface area (Å²) in [6.45, 7) is 1.60. The number of likely N-dealkylation sites (N-methyl/N-ethyl adjacent to an activating group) is 2. The molecular weight excluding hydrogens is 244 g/mol. The summed E-state index contributed by atoms with van der Waals surface area (Å²) in [5.41, 5.74) is -0.0974. The van der Waals surface area contributed by atoms with Crippen molar-refractivity contribution in [2.24, 2.45) is 0 Å². The lowest BCUT2D eigenvalue weighted by Crippen LogP contribution is -2.29. The molecule has 94 valence electrons. The number of hydrogen-bond donors (Lipinski definition) is 0. The maximum absolute atomic E-state index is 10.5. The van der Waals surface area contributed by atoms with Gasteiger partial charge in [-0.05, 0) is 14.1 Å². The lowest BCUT2D eigenvalue weighted by molar-refractivity contribution is -0.385. The summed E-state index contributed by atoms with van der Waals surface area (Å²) in [5, 5.41) is 10.8. The van der Waals surface area contributed by atoms with E-state index in [1.165, 1.54) is 12.3 Å². The van der Waals surface area contributed by atoms with E-state index in [1.54, 1.807) is 0 Å². The third-order valence-electron chi connectivity index (χ3n) is 2.26. The average Bonchev–Trinajstić information content (AvgIpc) is 2.25. The molecule has 0 amide bonds. The second-order valence-corrected chi connectivity index (χ2v) is 4.39. The van der Waals surface area contributed by atoms with Crippen LogP contribution in [-0.2, 0) is 0 Å². The summed E-state index contributed by atoms with van der Waals surface area (Å²) in [6, 6.07) is 1.32. The van der Waals surface area contributed by atoms with E-state index < -0.39 is 4.92 Å². The Hall–Kier alpha value is -1.40. The molecule has 1 heterocycles. The van der Waals surface area contributed by atoms with Crippen LogP contribution in [0.15, 0.2) is 12.3 Å². The molecule has 6 nitrogen and oxygen atoms in total. The van der Waals surface area contributed by atoms with Gasteiger partial charge in [-0.15, -0.1) is 0 Å². The van der Waals surface area contributed by atoms with Crippen molar-refractivity contribution in [1.82, 2.24) is 9.88 Å². The van der Waals surface area contributed by atoms with Crippen molar-refractivity contribution in [3.63, 3.8) is 0 Å². The zero-order valence-corrected chi connectivity index (χ0v) is 10.8. The molecule has 0 fully saturated rings. The van der Waals surface area contributed by atoms with Gasteiger partial charge in [0.25, 0.3) is 5.69 Å². The molecule has 1 aromatic rings.